The van der Waals surface area contributed by atoms with Crippen molar-refractivity contribution in [2.24, 2.45) is 0 Å². The molecule has 0 unspecified atom stereocenters. The van der Waals surface area contributed by atoms with E-state index in [4.69, 9.17) is 0 Å². The molecule has 1 aromatic rings. The van der Waals surface area contributed by atoms with E-state index in [2.05, 4.69) is 10.1 Å². The Morgan fingerprint density at radius 2 is 2.14 bits per heavy atom. The Hall–Kier alpha value is -0.990. The average molecular weight is 325 g/mol. The second-order valence-electron chi connectivity index (χ2n) is 4.89. The molecular formula is C13H15F4NO2S. The number of alkyl halides is 3. The largest absolute Gasteiger partial charge is 0.573 e. The summed E-state index contributed by atoms with van der Waals surface area (Å²) in [6.07, 6.45) is -4.27. The molecule has 0 aliphatic carbocycles. The summed E-state index contributed by atoms with van der Waals surface area (Å²) in [6, 6.07) is 3.29. The first-order valence-electron chi connectivity index (χ1n) is 6.33. The van der Waals surface area contributed by atoms with E-state index in [0.717, 1.165) is 24.0 Å². The smallest absolute Gasteiger partial charge is 0.405 e. The van der Waals surface area contributed by atoms with Crippen molar-refractivity contribution in [2.75, 3.05) is 18.1 Å². The Bertz CT molecular complexity index is 490. The molecule has 2 rings (SSSR count). The first-order valence-corrected chi connectivity index (χ1v) is 7.49. The molecule has 8 heteroatoms. The maximum Gasteiger partial charge on any atom is 0.573 e. The van der Waals surface area contributed by atoms with Crippen molar-refractivity contribution in [3.05, 3.63) is 29.6 Å². The van der Waals surface area contributed by atoms with Crippen LogP contribution in [0.1, 0.15) is 12.0 Å². The zero-order valence-corrected chi connectivity index (χ0v) is 11.9. The van der Waals surface area contributed by atoms with Gasteiger partial charge in [0.1, 0.15) is 11.6 Å². The lowest BCUT2D eigenvalue weighted by Crippen LogP contribution is -2.40. The van der Waals surface area contributed by atoms with Gasteiger partial charge in [-0.2, -0.15) is 11.8 Å². The lowest BCUT2D eigenvalue weighted by atomic mass is 10.0. The lowest BCUT2D eigenvalue weighted by Gasteiger charge is -2.22. The van der Waals surface area contributed by atoms with Gasteiger partial charge in [-0.3, -0.25) is 0 Å². The van der Waals surface area contributed by atoms with Crippen LogP contribution in [0.2, 0.25) is 0 Å². The molecule has 1 heterocycles. The Kier molecular flexibility index (Phi) is 5.00. The van der Waals surface area contributed by atoms with Crippen molar-refractivity contribution in [1.29, 1.82) is 0 Å². The monoisotopic (exact) mass is 325 g/mol. The highest BCUT2D eigenvalue weighted by molar-refractivity contribution is 7.99. The predicted octanol–water partition coefficient (Wildman–Crippen LogP) is 2.68. The number of ether oxygens (including phenoxy) is 1. The summed E-state index contributed by atoms with van der Waals surface area (Å²) in [5, 5.41) is 12.9. The van der Waals surface area contributed by atoms with Crippen molar-refractivity contribution in [2.45, 2.75) is 24.9 Å². The highest BCUT2D eigenvalue weighted by Crippen LogP contribution is 2.29. The predicted molar refractivity (Wildman–Crippen MR) is 71.7 cm³/mol. The third-order valence-electron chi connectivity index (χ3n) is 3.14. The van der Waals surface area contributed by atoms with Gasteiger partial charge in [0.2, 0.25) is 0 Å². The van der Waals surface area contributed by atoms with Crippen molar-refractivity contribution < 1.29 is 27.4 Å². The lowest BCUT2D eigenvalue weighted by molar-refractivity contribution is -0.275. The van der Waals surface area contributed by atoms with E-state index in [1.807, 2.05) is 0 Å². The fraction of sp³-hybridized carbons (Fsp3) is 0.538. The van der Waals surface area contributed by atoms with Gasteiger partial charge in [-0.15, -0.1) is 13.2 Å². The number of benzene rings is 1. The zero-order valence-electron chi connectivity index (χ0n) is 11.0. The average Bonchev–Trinajstić information content (AvgIpc) is 2.78. The second kappa shape index (κ2) is 6.41. The van der Waals surface area contributed by atoms with Crippen LogP contribution in [0, 0.1) is 5.82 Å². The van der Waals surface area contributed by atoms with E-state index in [0.29, 0.717) is 12.2 Å². The molecule has 0 radical (unpaired) electrons. The number of aliphatic hydroxyl groups is 1. The highest BCUT2D eigenvalue weighted by atomic mass is 32.2. The van der Waals surface area contributed by atoms with Crippen LogP contribution in [0.4, 0.5) is 17.6 Å². The number of halogens is 4. The van der Waals surface area contributed by atoms with Crippen molar-refractivity contribution in [1.82, 2.24) is 5.32 Å². The minimum atomic E-state index is -4.87. The van der Waals surface area contributed by atoms with Crippen LogP contribution in [0.25, 0.3) is 0 Å². The molecule has 1 saturated heterocycles. The quantitative estimate of drug-likeness (QED) is 0.817. The van der Waals surface area contributed by atoms with Gasteiger partial charge in [0, 0.05) is 24.4 Å². The first kappa shape index (κ1) is 16.4. The fourth-order valence-corrected chi connectivity index (χ4v) is 3.38. The summed E-state index contributed by atoms with van der Waals surface area (Å²) >= 11 is 1.60. The molecule has 1 fully saturated rings. The van der Waals surface area contributed by atoms with Gasteiger partial charge >= 0.3 is 6.36 Å². The third-order valence-corrected chi connectivity index (χ3v) is 4.37. The number of thioether (sulfide) groups is 1. The Labute approximate surface area is 123 Å². The fourth-order valence-electron chi connectivity index (χ4n) is 2.09. The minimum absolute atomic E-state index is 0.148. The Morgan fingerprint density at radius 1 is 1.38 bits per heavy atom. The van der Waals surface area contributed by atoms with Crippen LogP contribution < -0.4 is 10.1 Å². The van der Waals surface area contributed by atoms with E-state index in [1.54, 1.807) is 11.8 Å². The van der Waals surface area contributed by atoms with Gasteiger partial charge in [-0.1, -0.05) is 6.07 Å². The van der Waals surface area contributed by atoms with Crippen LogP contribution in [0.5, 0.6) is 5.75 Å². The molecule has 0 spiro atoms. The maximum atomic E-state index is 13.7. The minimum Gasteiger partial charge on any atom is -0.405 e. The van der Waals surface area contributed by atoms with E-state index >= 15 is 0 Å². The summed E-state index contributed by atoms with van der Waals surface area (Å²) < 4.78 is 54.3. The first-order chi connectivity index (χ1) is 9.79. The van der Waals surface area contributed by atoms with Crippen LogP contribution in [0.15, 0.2) is 18.2 Å². The van der Waals surface area contributed by atoms with Crippen molar-refractivity contribution in [3.63, 3.8) is 0 Å². The van der Waals surface area contributed by atoms with Gasteiger partial charge < -0.3 is 15.2 Å². The number of hydrogen-bond acceptors (Lipinski definition) is 4. The molecule has 1 aromatic carbocycles. The molecule has 2 N–H and O–H groups in total. The number of hydrogen-bond donors (Lipinski definition) is 2. The third kappa shape index (κ3) is 4.76. The van der Waals surface area contributed by atoms with E-state index in [9.17, 15) is 22.7 Å². The molecule has 3 nitrogen and oxygen atoms in total. The van der Waals surface area contributed by atoms with Gasteiger partial charge in [-0.05, 0) is 24.3 Å². The standard InChI is InChI=1S/C13H15F4NO2S/c14-10-2-1-3-11(20-13(15,16)17)9(10)6-18-7-12(19)4-5-21-8-12/h1-3,18-19H,4-8H2/t12-/m1/s1. The number of nitrogens with one attached hydrogen (secondary N) is 1. The summed E-state index contributed by atoms with van der Waals surface area (Å²) in [5.74, 6) is 0.0450. The summed E-state index contributed by atoms with van der Waals surface area (Å²) in [6.45, 7) is 0.0465. The molecule has 118 valence electrons. The summed E-state index contributed by atoms with van der Waals surface area (Å²) in [5.41, 5.74) is -1.09. The Balaban J connectivity index is 2.01. The molecule has 21 heavy (non-hydrogen) atoms. The molecule has 0 amide bonds. The van der Waals surface area contributed by atoms with E-state index in [1.165, 1.54) is 0 Å². The molecule has 0 aromatic heterocycles. The Morgan fingerprint density at radius 3 is 2.76 bits per heavy atom. The molecule has 1 aliphatic rings. The molecular weight excluding hydrogens is 310 g/mol. The SMILES string of the molecule is O[C@@]1(CNCc2c(F)cccc2OC(F)(F)F)CCSC1. The number of rotatable bonds is 5. The van der Waals surface area contributed by atoms with E-state index in [-0.39, 0.29) is 18.7 Å². The van der Waals surface area contributed by atoms with Crippen LogP contribution in [-0.2, 0) is 6.54 Å². The topological polar surface area (TPSA) is 41.5 Å². The zero-order chi connectivity index (χ0) is 15.5. The van der Waals surface area contributed by atoms with Crippen molar-refractivity contribution >= 4 is 11.8 Å². The van der Waals surface area contributed by atoms with Gasteiger partial charge in [0.25, 0.3) is 0 Å². The van der Waals surface area contributed by atoms with Crippen molar-refractivity contribution in [3.8, 4) is 5.75 Å². The van der Waals surface area contributed by atoms with Crippen LogP contribution in [0.3, 0.4) is 0 Å². The molecule has 1 atom stereocenters. The van der Waals surface area contributed by atoms with Crippen LogP contribution in [-0.4, -0.2) is 35.1 Å². The van der Waals surface area contributed by atoms with Gasteiger partial charge in [0.15, 0.2) is 0 Å². The molecule has 1 aliphatic heterocycles. The summed E-state index contributed by atoms with van der Waals surface area (Å²) in [7, 11) is 0. The normalized spacial score (nSPS) is 22.5. The van der Waals surface area contributed by atoms with E-state index < -0.39 is 23.5 Å². The van der Waals surface area contributed by atoms with Gasteiger partial charge in [-0.25, -0.2) is 4.39 Å². The molecule has 0 saturated carbocycles. The highest BCUT2D eigenvalue weighted by Gasteiger charge is 2.33. The van der Waals surface area contributed by atoms with Crippen LogP contribution >= 0.6 is 11.8 Å². The maximum absolute atomic E-state index is 13.7. The second-order valence-corrected chi connectivity index (χ2v) is 6.00. The van der Waals surface area contributed by atoms with Gasteiger partial charge in [0.05, 0.1) is 5.60 Å². The molecule has 0 bridgehead atoms. The summed E-state index contributed by atoms with van der Waals surface area (Å²) in [4.78, 5) is 0.